The highest BCUT2D eigenvalue weighted by atomic mass is 79.9. The minimum atomic E-state index is -0.751. The van der Waals surface area contributed by atoms with E-state index < -0.39 is 11.6 Å². The summed E-state index contributed by atoms with van der Waals surface area (Å²) in [5, 5.41) is 5.73. The minimum absolute atomic E-state index is 0.222. The predicted molar refractivity (Wildman–Crippen MR) is 161 cm³/mol. The van der Waals surface area contributed by atoms with Crippen LogP contribution in [-0.2, 0) is 22.6 Å². The molecule has 0 aliphatic rings. The SMILES string of the molecule is CC(C)(C)NC(=O)[C@H](Cc1ccccc1)N(Cc1ccc(Cl)cc1)C(=O)COc1ccc2ccccc2c1Br. The molecule has 0 fully saturated rings. The summed E-state index contributed by atoms with van der Waals surface area (Å²) in [6.07, 6.45) is 0.363. The number of hydrogen-bond donors (Lipinski definition) is 1. The van der Waals surface area contributed by atoms with Crippen molar-refractivity contribution in [1.82, 2.24) is 10.2 Å². The lowest BCUT2D eigenvalue weighted by molar-refractivity contribution is -0.143. The van der Waals surface area contributed by atoms with Gasteiger partial charge in [0.1, 0.15) is 11.8 Å². The summed E-state index contributed by atoms with van der Waals surface area (Å²) in [6.45, 7) is 5.79. The smallest absolute Gasteiger partial charge is 0.261 e. The molecule has 0 aliphatic heterocycles. The first kappa shape index (κ1) is 28.7. The molecule has 0 aromatic heterocycles. The molecule has 0 radical (unpaired) electrons. The zero-order valence-electron chi connectivity index (χ0n) is 22.3. The Morgan fingerprint density at radius 1 is 0.897 bits per heavy atom. The van der Waals surface area contributed by atoms with Crippen molar-refractivity contribution in [2.45, 2.75) is 45.3 Å². The first-order valence-electron chi connectivity index (χ1n) is 12.8. The molecule has 5 nitrogen and oxygen atoms in total. The van der Waals surface area contributed by atoms with Gasteiger partial charge in [-0.05, 0) is 76.8 Å². The molecule has 39 heavy (non-hydrogen) atoms. The molecule has 202 valence electrons. The quantitative estimate of drug-likeness (QED) is 0.219. The molecule has 2 amide bonds. The van der Waals surface area contributed by atoms with Crippen LogP contribution in [0.5, 0.6) is 5.75 Å². The van der Waals surface area contributed by atoms with Crippen LogP contribution in [0.3, 0.4) is 0 Å². The number of carbonyl (C=O) groups excluding carboxylic acids is 2. The molecule has 4 aromatic carbocycles. The second-order valence-corrected chi connectivity index (χ2v) is 11.7. The van der Waals surface area contributed by atoms with Crippen LogP contribution >= 0.6 is 27.5 Å². The third-order valence-corrected chi connectivity index (χ3v) is 7.28. The Morgan fingerprint density at radius 3 is 2.26 bits per heavy atom. The summed E-state index contributed by atoms with van der Waals surface area (Å²) in [5.41, 5.74) is 1.35. The zero-order chi connectivity index (χ0) is 28.0. The third-order valence-electron chi connectivity index (χ3n) is 6.21. The topological polar surface area (TPSA) is 58.6 Å². The molecule has 0 aliphatic carbocycles. The second-order valence-electron chi connectivity index (χ2n) is 10.5. The Balaban J connectivity index is 1.65. The number of carbonyl (C=O) groups is 2. The number of nitrogens with one attached hydrogen (secondary N) is 1. The number of amides is 2. The molecule has 0 saturated carbocycles. The molecule has 1 N–H and O–H groups in total. The fourth-order valence-electron chi connectivity index (χ4n) is 4.34. The summed E-state index contributed by atoms with van der Waals surface area (Å²) in [7, 11) is 0. The van der Waals surface area contributed by atoms with Crippen molar-refractivity contribution in [1.29, 1.82) is 0 Å². The second kappa shape index (κ2) is 12.7. The van der Waals surface area contributed by atoms with E-state index in [9.17, 15) is 9.59 Å². The monoisotopic (exact) mass is 606 g/mol. The fourth-order valence-corrected chi connectivity index (χ4v) is 5.07. The lowest BCUT2D eigenvalue weighted by Gasteiger charge is -2.33. The van der Waals surface area contributed by atoms with Crippen molar-refractivity contribution in [3.8, 4) is 5.75 Å². The van der Waals surface area contributed by atoms with Crippen molar-refractivity contribution in [2.24, 2.45) is 0 Å². The van der Waals surface area contributed by atoms with Gasteiger partial charge in [-0.15, -0.1) is 0 Å². The van der Waals surface area contributed by atoms with Crippen molar-refractivity contribution in [3.63, 3.8) is 0 Å². The van der Waals surface area contributed by atoms with E-state index in [0.717, 1.165) is 26.4 Å². The molecule has 7 heteroatoms. The van der Waals surface area contributed by atoms with Gasteiger partial charge in [-0.1, -0.05) is 84.4 Å². The van der Waals surface area contributed by atoms with Gasteiger partial charge in [0.15, 0.2) is 6.61 Å². The molecular weight excluding hydrogens is 576 g/mol. The zero-order valence-corrected chi connectivity index (χ0v) is 24.6. The molecule has 0 saturated heterocycles. The maximum Gasteiger partial charge on any atom is 0.261 e. The fraction of sp³-hybridized carbons (Fsp3) is 0.250. The molecule has 0 bridgehead atoms. The van der Waals surface area contributed by atoms with Crippen molar-refractivity contribution < 1.29 is 14.3 Å². The standard InChI is InChI=1S/C32H32BrClN2O3/c1-32(2,3)35-31(38)27(19-22-9-5-4-6-10-22)36(20-23-13-16-25(34)17-14-23)29(37)21-39-28-18-15-24-11-7-8-12-26(24)30(28)33/h4-18,27H,19-21H2,1-3H3,(H,35,38)/t27-/m0/s1. The predicted octanol–water partition coefficient (Wildman–Crippen LogP) is 7.19. The van der Waals surface area contributed by atoms with E-state index in [1.54, 1.807) is 17.0 Å². The highest BCUT2D eigenvalue weighted by molar-refractivity contribution is 9.10. The number of nitrogens with zero attached hydrogens (tertiary/aromatic N) is 1. The van der Waals surface area contributed by atoms with Gasteiger partial charge in [0.05, 0.1) is 4.47 Å². The molecule has 4 aromatic rings. The van der Waals surface area contributed by atoms with Crippen LogP contribution in [-0.4, -0.2) is 34.9 Å². The van der Waals surface area contributed by atoms with Crippen molar-refractivity contribution >= 4 is 50.1 Å². The van der Waals surface area contributed by atoms with Crippen molar-refractivity contribution in [2.75, 3.05) is 6.61 Å². The Bertz CT molecular complexity index is 1440. The Morgan fingerprint density at radius 2 is 1.56 bits per heavy atom. The highest BCUT2D eigenvalue weighted by Gasteiger charge is 2.32. The normalized spacial score (nSPS) is 12.1. The summed E-state index contributed by atoms with van der Waals surface area (Å²) >= 11 is 9.74. The van der Waals surface area contributed by atoms with Gasteiger partial charge in [0.25, 0.3) is 5.91 Å². The highest BCUT2D eigenvalue weighted by Crippen LogP contribution is 2.33. The number of fused-ring (bicyclic) bond motifs is 1. The number of halogens is 2. The summed E-state index contributed by atoms with van der Waals surface area (Å²) in [4.78, 5) is 29.1. The number of benzene rings is 4. The third kappa shape index (κ3) is 7.84. The first-order chi connectivity index (χ1) is 18.6. The van der Waals surface area contributed by atoms with E-state index in [1.807, 2.05) is 99.6 Å². The molecule has 0 unspecified atom stereocenters. The Labute approximate surface area is 243 Å². The maximum absolute atomic E-state index is 13.8. The van der Waals surface area contributed by atoms with Crippen LogP contribution < -0.4 is 10.1 Å². The van der Waals surface area contributed by atoms with E-state index in [4.69, 9.17) is 16.3 Å². The van der Waals surface area contributed by atoms with Crippen molar-refractivity contribution in [3.05, 3.63) is 112 Å². The minimum Gasteiger partial charge on any atom is -0.483 e. The van der Waals surface area contributed by atoms with Crippen LogP contribution in [0.25, 0.3) is 10.8 Å². The average molecular weight is 608 g/mol. The van der Waals surface area contributed by atoms with Crippen LogP contribution in [0.2, 0.25) is 5.02 Å². The van der Waals surface area contributed by atoms with Gasteiger partial charge in [-0.2, -0.15) is 0 Å². The van der Waals surface area contributed by atoms with Crippen LogP contribution in [0.15, 0.2) is 95.5 Å². The van der Waals surface area contributed by atoms with E-state index >= 15 is 0 Å². The van der Waals surface area contributed by atoms with Gasteiger partial charge in [0, 0.05) is 23.5 Å². The molecule has 0 heterocycles. The van der Waals surface area contributed by atoms with E-state index in [1.165, 1.54) is 0 Å². The number of ether oxygens (including phenoxy) is 1. The van der Waals surface area contributed by atoms with Gasteiger partial charge < -0.3 is 15.0 Å². The lowest BCUT2D eigenvalue weighted by atomic mass is 10.0. The van der Waals surface area contributed by atoms with E-state index in [-0.39, 0.29) is 25.0 Å². The number of hydrogen-bond acceptors (Lipinski definition) is 3. The average Bonchev–Trinajstić information content (AvgIpc) is 2.91. The van der Waals surface area contributed by atoms with Gasteiger partial charge in [-0.25, -0.2) is 0 Å². The molecule has 4 rings (SSSR count). The summed E-state index contributed by atoms with van der Waals surface area (Å²) in [5.74, 6) is 0.0443. The number of rotatable bonds is 9. The molecule has 0 spiro atoms. The van der Waals surface area contributed by atoms with E-state index in [2.05, 4.69) is 21.2 Å². The van der Waals surface area contributed by atoms with Gasteiger partial charge in [-0.3, -0.25) is 9.59 Å². The molecule has 1 atom stereocenters. The Kier molecular flexibility index (Phi) is 9.31. The van der Waals surface area contributed by atoms with Gasteiger partial charge >= 0.3 is 0 Å². The largest absolute Gasteiger partial charge is 0.483 e. The van der Waals surface area contributed by atoms with Crippen LogP contribution in [0.4, 0.5) is 0 Å². The summed E-state index contributed by atoms with van der Waals surface area (Å²) < 4.78 is 6.82. The van der Waals surface area contributed by atoms with E-state index in [0.29, 0.717) is 17.2 Å². The summed E-state index contributed by atoms with van der Waals surface area (Å²) in [6, 6.07) is 28.0. The van der Waals surface area contributed by atoms with Gasteiger partial charge in [0.2, 0.25) is 5.91 Å². The maximum atomic E-state index is 13.8. The Hall–Kier alpha value is -3.35. The first-order valence-corrected chi connectivity index (χ1v) is 14.0. The van der Waals surface area contributed by atoms with Crippen LogP contribution in [0, 0.1) is 0 Å². The molecular formula is C32H32BrClN2O3. The lowest BCUT2D eigenvalue weighted by Crippen LogP contribution is -2.55. The van der Waals surface area contributed by atoms with Crippen LogP contribution in [0.1, 0.15) is 31.9 Å².